The predicted molar refractivity (Wildman–Crippen MR) is 59.9 cm³/mol. The zero-order valence-electron chi connectivity index (χ0n) is 8.96. The van der Waals surface area contributed by atoms with Crippen molar-refractivity contribution in [1.82, 2.24) is 0 Å². The van der Waals surface area contributed by atoms with Crippen LogP contribution in [0.15, 0.2) is 39.7 Å². The van der Waals surface area contributed by atoms with Gasteiger partial charge in [0.25, 0.3) is 0 Å². The average molecular weight is 188 g/mol. The Hall–Kier alpha value is -1.31. The molecule has 0 amide bonds. The number of hydrogen-bond acceptors (Lipinski definition) is 2. The van der Waals surface area contributed by atoms with Crippen LogP contribution in [-0.4, -0.2) is 6.21 Å². The van der Waals surface area contributed by atoms with Gasteiger partial charge in [0.15, 0.2) is 0 Å². The first kappa shape index (κ1) is 9.25. The Balaban J connectivity index is 2.43. The molecule has 0 saturated heterocycles. The van der Waals surface area contributed by atoms with Gasteiger partial charge in [0.2, 0.25) is 0 Å². The van der Waals surface area contributed by atoms with Crippen molar-refractivity contribution in [3.05, 3.63) is 34.7 Å². The van der Waals surface area contributed by atoms with E-state index >= 15 is 0 Å². The van der Waals surface area contributed by atoms with Gasteiger partial charge in [0.05, 0.1) is 5.70 Å². The van der Waals surface area contributed by atoms with Crippen LogP contribution in [0.1, 0.15) is 27.2 Å². The normalized spacial score (nSPS) is 20.8. The van der Waals surface area contributed by atoms with E-state index in [1.165, 1.54) is 11.1 Å². The molecule has 0 aromatic rings. The second-order valence-corrected chi connectivity index (χ2v) is 4.86. The Morgan fingerprint density at radius 2 is 2.07 bits per heavy atom. The molecule has 0 unspecified atom stereocenters. The molecule has 0 aromatic carbocycles. The number of nitrogens with zero attached hydrogens (tertiary/aromatic N) is 1. The van der Waals surface area contributed by atoms with Gasteiger partial charge in [-0.25, -0.2) is 0 Å². The monoisotopic (exact) mass is 188 g/mol. The SMILES string of the molecule is CC(C)(C)C1=C(N)C=C2N=CC=C2C1. The molecule has 0 spiro atoms. The fourth-order valence-electron chi connectivity index (χ4n) is 1.88. The van der Waals surface area contributed by atoms with Gasteiger partial charge in [0, 0.05) is 11.9 Å². The van der Waals surface area contributed by atoms with Crippen molar-refractivity contribution in [2.75, 3.05) is 0 Å². The lowest BCUT2D eigenvalue weighted by molar-refractivity contribution is 0.485. The van der Waals surface area contributed by atoms with Gasteiger partial charge >= 0.3 is 0 Å². The summed E-state index contributed by atoms with van der Waals surface area (Å²) in [6, 6.07) is 0. The van der Waals surface area contributed by atoms with Gasteiger partial charge in [-0.05, 0) is 35.1 Å². The third-order valence-electron chi connectivity index (χ3n) is 2.73. The van der Waals surface area contributed by atoms with Crippen molar-refractivity contribution >= 4 is 6.21 Å². The molecule has 0 atom stereocenters. The van der Waals surface area contributed by atoms with Crippen LogP contribution in [0.2, 0.25) is 0 Å². The number of rotatable bonds is 0. The van der Waals surface area contributed by atoms with Crippen LogP contribution in [0.3, 0.4) is 0 Å². The van der Waals surface area contributed by atoms with Crippen LogP contribution in [0.25, 0.3) is 0 Å². The minimum absolute atomic E-state index is 0.148. The molecule has 2 N–H and O–H groups in total. The van der Waals surface area contributed by atoms with Gasteiger partial charge in [-0.2, -0.15) is 0 Å². The number of fused-ring (bicyclic) bond motifs is 1. The van der Waals surface area contributed by atoms with Crippen molar-refractivity contribution < 1.29 is 0 Å². The van der Waals surface area contributed by atoms with Crippen LogP contribution in [0.4, 0.5) is 0 Å². The lowest BCUT2D eigenvalue weighted by Crippen LogP contribution is -2.18. The van der Waals surface area contributed by atoms with Gasteiger partial charge in [-0.1, -0.05) is 20.8 Å². The summed E-state index contributed by atoms with van der Waals surface area (Å²) in [5, 5.41) is 0. The quantitative estimate of drug-likeness (QED) is 0.623. The highest BCUT2D eigenvalue weighted by atomic mass is 14.8. The molecular formula is C12H16N2. The molecule has 2 rings (SSSR count). The van der Waals surface area contributed by atoms with E-state index in [-0.39, 0.29) is 5.41 Å². The third kappa shape index (κ3) is 1.41. The fourth-order valence-corrected chi connectivity index (χ4v) is 1.88. The Morgan fingerprint density at radius 1 is 1.36 bits per heavy atom. The molecule has 0 aromatic heterocycles. The number of hydrogen-bond donors (Lipinski definition) is 1. The molecule has 14 heavy (non-hydrogen) atoms. The molecule has 74 valence electrons. The largest absolute Gasteiger partial charge is 0.399 e. The minimum Gasteiger partial charge on any atom is -0.399 e. The first-order chi connectivity index (χ1) is 6.48. The predicted octanol–water partition coefficient (Wildman–Crippen LogP) is 2.54. The highest BCUT2D eigenvalue weighted by Gasteiger charge is 2.25. The lowest BCUT2D eigenvalue weighted by atomic mass is 9.79. The zero-order chi connectivity index (χ0) is 10.3. The second-order valence-electron chi connectivity index (χ2n) is 4.86. The smallest absolute Gasteiger partial charge is 0.0685 e. The first-order valence-electron chi connectivity index (χ1n) is 4.93. The van der Waals surface area contributed by atoms with Crippen LogP contribution in [-0.2, 0) is 0 Å². The van der Waals surface area contributed by atoms with E-state index < -0.39 is 0 Å². The van der Waals surface area contributed by atoms with Crippen LogP contribution >= 0.6 is 0 Å². The van der Waals surface area contributed by atoms with Crippen LogP contribution in [0.5, 0.6) is 0 Å². The van der Waals surface area contributed by atoms with E-state index in [9.17, 15) is 0 Å². The Bertz CT molecular complexity index is 387. The van der Waals surface area contributed by atoms with E-state index in [0.717, 1.165) is 17.8 Å². The van der Waals surface area contributed by atoms with Gasteiger partial charge in [-0.3, -0.25) is 4.99 Å². The van der Waals surface area contributed by atoms with E-state index in [0.29, 0.717) is 0 Å². The summed E-state index contributed by atoms with van der Waals surface area (Å²) in [5.74, 6) is 0. The molecule has 0 radical (unpaired) electrons. The summed E-state index contributed by atoms with van der Waals surface area (Å²) in [6.07, 6.45) is 6.85. The second kappa shape index (κ2) is 2.84. The Morgan fingerprint density at radius 3 is 2.71 bits per heavy atom. The highest BCUT2D eigenvalue weighted by Crippen LogP contribution is 2.38. The van der Waals surface area contributed by atoms with Gasteiger partial charge in [0.1, 0.15) is 0 Å². The molecule has 0 bridgehead atoms. The van der Waals surface area contributed by atoms with Crippen molar-refractivity contribution in [1.29, 1.82) is 0 Å². The van der Waals surface area contributed by atoms with E-state index in [2.05, 4.69) is 31.8 Å². The van der Waals surface area contributed by atoms with Crippen LogP contribution in [0, 0.1) is 5.41 Å². The number of aliphatic imine (C=N–C) groups is 1. The van der Waals surface area contributed by atoms with Crippen molar-refractivity contribution in [3.63, 3.8) is 0 Å². The lowest BCUT2D eigenvalue weighted by Gasteiger charge is -2.28. The maximum Gasteiger partial charge on any atom is 0.0685 e. The average Bonchev–Trinajstić information content (AvgIpc) is 2.47. The summed E-state index contributed by atoms with van der Waals surface area (Å²) in [5.41, 5.74) is 10.7. The van der Waals surface area contributed by atoms with Gasteiger partial charge in [-0.15, -0.1) is 0 Å². The molecular weight excluding hydrogens is 172 g/mol. The number of nitrogens with two attached hydrogens (primary N) is 1. The molecule has 2 heteroatoms. The zero-order valence-corrected chi connectivity index (χ0v) is 8.96. The fraction of sp³-hybridized carbons (Fsp3) is 0.417. The standard InChI is InChI=1S/C12H16N2/c1-12(2,3)9-6-8-4-5-14-11(8)7-10(9)13/h4-5,7H,6,13H2,1-3H3. The van der Waals surface area contributed by atoms with E-state index in [1.54, 1.807) is 0 Å². The molecule has 0 fully saturated rings. The van der Waals surface area contributed by atoms with Crippen molar-refractivity contribution in [3.8, 4) is 0 Å². The van der Waals surface area contributed by atoms with Crippen LogP contribution < -0.4 is 5.73 Å². The molecule has 2 aliphatic rings. The third-order valence-corrected chi connectivity index (χ3v) is 2.73. The number of allylic oxidation sites excluding steroid dienone is 4. The molecule has 1 heterocycles. The van der Waals surface area contributed by atoms with Crippen molar-refractivity contribution in [2.45, 2.75) is 27.2 Å². The molecule has 2 nitrogen and oxygen atoms in total. The Labute approximate surface area is 84.9 Å². The highest BCUT2D eigenvalue weighted by molar-refractivity contribution is 5.80. The van der Waals surface area contributed by atoms with Crippen molar-refractivity contribution in [2.24, 2.45) is 16.1 Å². The molecule has 0 saturated carbocycles. The maximum absolute atomic E-state index is 6.02. The summed E-state index contributed by atoms with van der Waals surface area (Å²) >= 11 is 0. The summed E-state index contributed by atoms with van der Waals surface area (Å²) in [4.78, 5) is 4.25. The maximum atomic E-state index is 6.02. The summed E-state index contributed by atoms with van der Waals surface area (Å²) in [7, 11) is 0. The minimum atomic E-state index is 0.148. The Kier molecular flexibility index (Phi) is 1.88. The molecule has 1 aliphatic carbocycles. The molecule has 1 aliphatic heterocycles. The summed E-state index contributed by atoms with van der Waals surface area (Å²) in [6.45, 7) is 6.60. The first-order valence-corrected chi connectivity index (χ1v) is 4.93. The summed E-state index contributed by atoms with van der Waals surface area (Å²) < 4.78 is 0. The van der Waals surface area contributed by atoms with E-state index in [1.807, 2.05) is 12.3 Å². The van der Waals surface area contributed by atoms with E-state index in [4.69, 9.17) is 5.73 Å². The van der Waals surface area contributed by atoms with Gasteiger partial charge < -0.3 is 5.73 Å². The topological polar surface area (TPSA) is 38.4 Å².